The first-order valence-electron chi connectivity index (χ1n) is 11.7. The third-order valence-electron chi connectivity index (χ3n) is 6.59. The summed E-state index contributed by atoms with van der Waals surface area (Å²) in [6, 6.07) is 11.4. The quantitative estimate of drug-likeness (QED) is 0.294. The number of fused-ring (bicyclic) bond motifs is 2. The van der Waals surface area contributed by atoms with Crippen molar-refractivity contribution in [3.05, 3.63) is 69.4 Å². The van der Waals surface area contributed by atoms with Crippen LogP contribution in [0.3, 0.4) is 0 Å². The number of benzene rings is 2. The van der Waals surface area contributed by atoms with Gasteiger partial charge in [-0.2, -0.15) is 0 Å². The average molecular weight is 489 g/mol. The third-order valence-corrected chi connectivity index (χ3v) is 6.59. The molecule has 3 aromatic rings. The molecule has 0 spiro atoms. The maximum absolute atomic E-state index is 12.8. The minimum Gasteiger partial charge on any atom is -0.352 e. The lowest BCUT2D eigenvalue weighted by molar-refractivity contribution is -0.384. The number of non-ortho nitro benzene ring substituents is 1. The summed E-state index contributed by atoms with van der Waals surface area (Å²) in [5, 5.41) is 11.0. The van der Waals surface area contributed by atoms with Crippen molar-refractivity contribution in [3.63, 3.8) is 0 Å². The van der Waals surface area contributed by atoms with Crippen LogP contribution < -0.4 is 4.90 Å². The number of amides is 3. The number of nitro benzene ring substituents is 1. The number of hydrogen-bond acceptors (Lipinski definition) is 8. The van der Waals surface area contributed by atoms with Gasteiger partial charge in [-0.25, -0.2) is 9.97 Å². The number of aromatic nitrogens is 2. The van der Waals surface area contributed by atoms with E-state index in [2.05, 4.69) is 9.88 Å². The van der Waals surface area contributed by atoms with Gasteiger partial charge in [0.2, 0.25) is 5.91 Å². The van der Waals surface area contributed by atoms with E-state index in [0.717, 1.165) is 33.5 Å². The van der Waals surface area contributed by atoms with Crippen molar-refractivity contribution in [3.8, 4) is 0 Å². The molecule has 0 N–H and O–H groups in total. The second-order valence-corrected chi connectivity index (χ2v) is 8.84. The first-order valence-corrected chi connectivity index (χ1v) is 11.7. The summed E-state index contributed by atoms with van der Waals surface area (Å²) in [6.07, 6.45) is 0.518. The van der Waals surface area contributed by atoms with Crippen molar-refractivity contribution in [2.45, 2.75) is 19.8 Å². The molecule has 1 saturated heterocycles. The highest BCUT2D eigenvalue weighted by Gasteiger charge is 2.36. The standard InChI is InChI=1S/C25H24N6O5/c1-16-23(27-21-6-3-2-5-20(21)26-16)29-13-11-28(12-14-29)22(32)7-4-10-30-24(33)18-9-8-17(31(35)36)15-19(18)25(30)34/h2-3,5-6,8-9,15H,4,7,10-14H2,1H3. The van der Waals surface area contributed by atoms with Gasteiger partial charge in [0.15, 0.2) is 5.82 Å². The Labute approximate surface area is 206 Å². The van der Waals surface area contributed by atoms with E-state index in [9.17, 15) is 24.5 Å². The third kappa shape index (κ3) is 4.23. The van der Waals surface area contributed by atoms with Crippen LogP contribution in [0.4, 0.5) is 11.5 Å². The fourth-order valence-electron chi connectivity index (χ4n) is 4.69. The number of nitrogens with zero attached hydrogens (tertiary/aromatic N) is 6. The Morgan fingerprint density at radius 3 is 2.33 bits per heavy atom. The van der Waals surface area contributed by atoms with Crippen molar-refractivity contribution in [1.29, 1.82) is 0 Å². The smallest absolute Gasteiger partial charge is 0.270 e. The predicted molar refractivity (Wildman–Crippen MR) is 131 cm³/mol. The SMILES string of the molecule is Cc1nc2ccccc2nc1N1CCN(C(=O)CCCN2C(=O)c3ccc([N+](=O)[O-])cc3C2=O)CC1. The molecule has 0 atom stereocenters. The van der Waals surface area contributed by atoms with Crippen LogP contribution in [0.1, 0.15) is 39.3 Å². The molecule has 2 aliphatic heterocycles. The molecule has 3 heterocycles. The minimum atomic E-state index is -0.604. The molecule has 5 rings (SSSR count). The summed E-state index contributed by atoms with van der Waals surface area (Å²) in [5.41, 5.74) is 2.47. The highest BCUT2D eigenvalue weighted by Crippen LogP contribution is 2.27. The predicted octanol–water partition coefficient (Wildman–Crippen LogP) is 2.57. The van der Waals surface area contributed by atoms with E-state index in [-0.39, 0.29) is 35.7 Å². The molecule has 36 heavy (non-hydrogen) atoms. The van der Waals surface area contributed by atoms with Crippen molar-refractivity contribution < 1.29 is 19.3 Å². The lowest BCUT2D eigenvalue weighted by Gasteiger charge is -2.36. The van der Waals surface area contributed by atoms with Gasteiger partial charge >= 0.3 is 0 Å². The monoisotopic (exact) mass is 488 g/mol. The Bertz CT molecular complexity index is 1400. The summed E-state index contributed by atoms with van der Waals surface area (Å²) >= 11 is 0. The molecule has 3 amide bonds. The van der Waals surface area contributed by atoms with E-state index in [0.29, 0.717) is 32.6 Å². The largest absolute Gasteiger partial charge is 0.352 e. The summed E-state index contributed by atoms with van der Waals surface area (Å²) in [6.45, 7) is 4.38. The number of anilines is 1. The summed E-state index contributed by atoms with van der Waals surface area (Å²) in [5.74, 6) is -0.265. The van der Waals surface area contributed by atoms with Gasteiger partial charge in [0.05, 0.1) is 32.8 Å². The van der Waals surface area contributed by atoms with E-state index in [1.54, 1.807) is 4.90 Å². The van der Waals surface area contributed by atoms with E-state index >= 15 is 0 Å². The molecule has 0 unspecified atom stereocenters. The Kier molecular flexibility index (Phi) is 6.05. The molecule has 2 aromatic carbocycles. The summed E-state index contributed by atoms with van der Waals surface area (Å²) in [4.78, 5) is 62.7. The number of imide groups is 1. The summed E-state index contributed by atoms with van der Waals surface area (Å²) < 4.78 is 0. The normalized spacial score (nSPS) is 15.5. The Morgan fingerprint density at radius 1 is 0.972 bits per heavy atom. The molecule has 1 fully saturated rings. The second-order valence-electron chi connectivity index (χ2n) is 8.84. The van der Waals surface area contributed by atoms with Gasteiger partial charge < -0.3 is 9.80 Å². The van der Waals surface area contributed by atoms with Gasteiger partial charge in [-0.15, -0.1) is 0 Å². The Morgan fingerprint density at radius 2 is 1.64 bits per heavy atom. The van der Waals surface area contributed by atoms with Crippen LogP contribution in [-0.2, 0) is 4.79 Å². The number of aryl methyl sites for hydroxylation is 1. The number of carbonyl (C=O) groups excluding carboxylic acids is 3. The van der Waals surface area contributed by atoms with E-state index in [4.69, 9.17) is 4.98 Å². The molecule has 1 aromatic heterocycles. The van der Waals surface area contributed by atoms with Crippen LogP contribution in [0.15, 0.2) is 42.5 Å². The van der Waals surface area contributed by atoms with Crippen LogP contribution in [-0.4, -0.2) is 75.1 Å². The zero-order valence-corrected chi connectivity index (χ0v) is 19.7. The van der Waals surface area contributed by atoms with E-state index in [1.807, 2.05) is 31.2 Å². The van der Waals surface area contributed by atoms with Gasteiger partial charge in [-0.05, 0) is 31.5 Å². The first kappa shape index (κ1) is 23.3. The van der Waals surface area contributed by atoms with Crippen molar-refractivity contribution in [2.24, 2.45) is 0 Å². The number of carbonyl (C=O) groups is 3. The van der Waals surface area contributed by atoms with Crippen molar-refractivity contribution in [2.75, 3.05) is 37.6 Å². The number of rotatable bonds is 6. The molecular weight excluding hydrogens is 464 g/mol. The molecular formula is C25H24N6O5. The molecule has 11 heteroatoms. The topological polar surface area (TPSA) is 130 Å². The zero-order valence-electron chi connectivity index (χ0n) is 19.7. The van der Waals surface area contributed by atoms with Gasteiger partial charge in [0.25, 0.3) is 17.5 Å². The van der Waals surface area contributed by atoms with E-state index < -0.39 is 16.7 Å². The highest BCUT2D eigenvalue weighted by molar-refractivity contribution is 6.21. The molecule has 0 saturated carbocycles. The van der Waals surface area contributed by atoms with E-state index in [1.165, 1.54) is 12.1 Å². The maximum Gasteiger partial charge on any atom is 0.270 e. The van der Waals surface area contributed by atoms with Crippen LogP contribution in [0, 0.1) is 17.0 Å². The van der Waals surface area contributed by atoms with Gasteiger partial charge in [-0.1, -0.05) is 12.1 Å². The van der Waals surface area contributed by atoms with Crippen LogP contribution in [0.2, 0.25) is 0 Å². The Hall–Kier alpha value is -4.41. The minimum absolute atomic E-state index is 0.0312. The van der Waals surface area contributed by atoms with Crippen molar-refractivity contribution in [1.82, 2.24) is 19.8 Å². The zero-order chi connectivity index (χ0) is 25.4. The van der Waals surface area contributed by atoms with Gasteiger partial charge in [-0.3, -0.25) is 29.4 Å². The molecule has 0 bridgehead atoms. The molecule has 2 aliphatic rings. The summed E-state index contributed by atoms with van der Waals surface area (Å²) in [7, 11) is 0. The molecule has 0 aliphatic carbocycles. The molecule has 11 nitrogen and oxygen atoms in total. The van der Waals surface area contributed by atoms with Crippen LogP contribution in [0.5, 0.6) is 0 Å². The number of piperazine rings is 1. The first-order chi connectivity index (χ1) is 17.3. The second kappa shape index (κ2) is 9.33. The number of para-hydroxylation sites is 2. The maximum atomic E-state index is 12.8. The van der Waals surface area contributed by atoms with Crippen LogP contribution >= 0.6 is 0 Å². The fraction of sp³-hybridized carbons (Fsp3) is 0.320. The van der Waals surface area contributed by atoms with Crippen LogP contribution in [0.25, 0.3) is 11.0 Å². The number of hydrogen-bond donors (Lipinski definition) is 0. The lowest BCUT2D eigenvalue weighted by atomic mass is 10.1. The average Bonchev–Trinajstić information content (AvgIpc) is 3.12. The van der Waals surface area contributed by atoms with Gasteiger partial charge in [0.1, 0.15) is 0 Å². The Balaban J connectivity index is 1.14. The van der Waals surface area contributed by atoms with Crippen molar-refractivity contribution >= 4 is 40.3 Å². The highest BCUT2D eigenvalue weighted by atomic mass is 16.6. The fourth-order valence-corrected chi connectivity index (χ4v) is 4.69. The molecule has 184 valence electrons. The molecule has 0 radical (unpaired) electrons. The lowest BCUT2D eigenvalue weighted by Crippen LogP contribution is -2.49. The van der Waals surface area contributed by atoms with Gasteiger partial charge in [0, 0.05) is 51.3 Å². The number of nitro groups is 1.